The summed E-state index contributed by atoms with van der Waals surface area (Å²) in [5, 5.41) is 13.7. The van der Waals surface area contributed by atoms with Gasteiger partial charge in [0.15, 0.2) is 0 Å². The smallest absolute Gasteiger partial charge is 0.101 e. The lowest BCUT2D eigenvalue weighted by molar-refractivity contribution is 0.199. The minimum atomic E-state index is 0.225. The molecule has 0 spiro atoms. The van der Waals surface area contributed by atoms with Crippen molar-refractivity contribution in [1.29, 1.82) is 0 Å². The van der Waals surface area contributed by atoms with E-state index in [0.29, 0.717) is 11.9 Å². The average molecular weight is 270 g/mol. The Labute approximate surface area is 113 Å². The fraction of sp³-hybridized carbons (Fsp3) is 0.615. The van der Waals surface area contributed by atoms with E-state index in [9.17, 15) is 0 Å². The van der Waals surface area contributed by atoms with Crippen molar-refractivity contribution in [3.8, 4) is 0 Å². The van der Waals surface area contributed by atoms with Crippen molar-refractivity contribution >= 4 is 11.8 Å². The summed E-state index contributed by atoms with van der Waals surface area (Å²) in [4.78, 5) is 4.41. The molecule has 4 nitrogen and oxygen atoms in total. The fourth-order valence-electron chi connectivity index (χ4n) is 1.49. The molecule has 0 aliphatic carbocycles. The van der Waals surface area contributed by atoms with Gasteiger partial charge in [0.05, 0.1) is 6.61 Å². The van der Waals surface area contributed by atoms with Crippen LogP contribution < -0.4 is 5.32 Å². The highest BCUT2D eigenvalue weighted by molar-refractivity contribution is 7.99. The Bertz CT molecular complexity index is 337. The highest BCUT2D eigenvalue weighted by Gasteiger charge is 2.08. The quantitative estimate of drug-likeness (QED) is 0.528. The molecule has 1 unspecified atom stereocenters. The number of hydrogen-bond donors (Lipinski definition) is 2. The molecule has 2 N–H and O–H groups in total. The molecule has 0 amide bonds. The molecule has 1 rings (SSSR count). The van der Waals surface area contributed by atoms with E-state index >= 15 is 0 Å². The second-order valence-corrected chi connectivity index (χ2v) is 5.51. The summed E-state index contributed by atoms with van der Waals surface area (Å²) in [6.45, 7) is 4.68. The van der Waals surface area contributed by atoms with E-state index in [2.05, 4.69) is 23.3 Å². The van der Waals surface area contributed by atoms with Gasteiger partial charge >= 0.3 is 0 Å². The molecule has 0 saturated carbocycles. The summed E-state index contributed by atoms with van der Waals surface area (Å²) >= 11 is 1.72. The van der Waals surface area contributed by atoms with Crippen LogP contribution in [-0.4, -0.2) is 42.2 Å². The van der Waals surface area contributed by atoms with Gasteiger partial charge in [-0.05, 0) is 18.1 Å². The van der Waals surface area contributed by atoms with Gasteiger partial charge in [-0.1, -0.05) is 13.0 Å². The number of aliphatic hydroxyl groups excluding tert-OH is 1. The van der Waals surface area contributed by atoms with Crippen LogP contribution >= 0.6 is 11.8 Å². The molecule has 0 aromatic carbocycles. The van der Waals surface area contributed by atoms with Crippen molar-refractivity contribution in [1.82, 2.24) is 10.3 Å². The Balaban J connectivity index is 2.50. The van der Waals surface area contributed by atoms with Crippen molar-refractivity contribution in [2.45, 2.75) is 30.2 Å². The maximum Gasteiger partial charge on any atom is 0.101 e. The first-order chi connectivity index (χ1) is 8.77. The average Bonchev–Trinajstić information content (AvgIpc) is 2.37. The second-order valence-electron chi connectivity index (χ2n) is 4.08. The summed E-state index contributed by atoms with van der Waals surface area (Å²) < 4.78 is 5.00. The Morgan fingerprint density at radius 2 is 2.39 bits per heavy atom. The number of pyridine rings is 1. The summed E-state index contributed by atoms with van der Waals surface area (Å²) in [7, 11) is 1.70. The number of rotatable bonds is 9. The zero-order valence-electron chi connectivity index (χ0n) is 11.1. The molecule has 1 heterocycles. The number of aromatic nitrogens is 1. The first-order valence-electron chi connectivity index (χ1n) is 6.19. The molecule has 0 aliphatic heterocycles. The topological polar surface area (TPSA) is 54.4 Å². The summed E-state index contributed by atoms with van der Waals surface area (Å²) in [5.74, 6) is 0. The zero-order valence-corrected chi connectivity index (χ0v) is 11.9. The zero-order chi connectivity index (χ0) is 13.2. The van der Waals surface area contributed by atoms with Gasteiger partial charge in [0.1, 0.15) is 5.03 Å². The van der Waals surface area contributed by atoms with Crippen molar-refractivity contribution in [3.63, 3.8) is 0 Å². The Morgan fingerprint density at radius 3 is 3.11 bits per heavy atom. The molecule has 0 fully saturated rings. The van der Waals surface area contributed by atoms with Crippen molar-refractivity contribution in [2.75, 3.05) is 26.9 Å². The number of ether oxygens (including phenoxy) is 1. The molecule has 0 bridgehead atoms. The third kappa shape index (κ3) is 5.82. The largest absolute Gasteiger partial charge is 0.396 e. The molecular formula is C13H22N2O2S. The fourth-order valence-corrected chi connectivity index (χ4v) is 2.51. The lowest BCUT2D eigenvalue weighted by atomic mass is 10.3. The molecule has 0 aliphatic rings. The maximum absolute atomic E-state index is 8.92. The molecule has 102 valence electrons. The van der Waals surface area contributed by atoms with Crippen LogP contribution in [0.25, 0.3) is 0 Å². The van der Waals surface area contributed by atoms with Gasteiger partial charge in [0.25, 0.3) is 0 Å². The Hall–Kier alpha value is -0.620. The highest BCUT2D eigenvalue weighted by atomic mass is 32.2. The van der Waals surface area contributed by atoms with Gasteiger partial charge in [-0.2, -0.15) is 0 Å². The van der Waals surface area contributed by atoms with Crippen molar-refractivity contribution < 1.29 is 9.84 Å². The van der Waals surface area contributed by atoms with Crippen LogP contribution in [0.1, 0.15) is 18.9 Å². The highest BCUT2D eigenvalue weighted by Crippen LogP contribution is 2.26. The van der Waals surface area contributed by atoms with E-state index in [1.54, 1.807) is 18.9 Å². The molecule has 1 aromatic heterocycles. The van der Waals surface area contributed by atoms with Crippen LogP contribution in [0.4, 0.5) is 0 Å². The molecule has 5 heteroatoms. The van der Waals surface area contributed by atoms with Crippen LogP contribution in [0.2, 0.25) is 0 Å². The van der Waals surface area contributed by atoms with Crippen molar-refractivity contribution in [2.24, 2.45) is 0 Å². The van der Waals surface area contributed by atoms with E-state index in [0.717, 1.165) is 24.5 Å². The van der Waals surface area contributed by atoms with Crippen LogP contribution in [0.3, 0.4) is 0 Å². The molecule has 0 radical (unpaired) electrons. The first-order valence-corrected chi connectivity index (χ1v) is 7.07. The summed E-state index contributed by atoms with van der Waals surface area (Å²) in [6.07, 6.45) is 2.60. The van der Waals surface area contributed by atoms with E-state index in [-0.39, 0.29) is 6.61 Å². The van der Waals surface area contributed by atoms with Crippen LogP contribution in [0, 0.1) is 0 Å². The summed E-state index contributed by atoms with van der Waals surface area (Å²) in [6, 6.07) is 4.04. The van der Waals surface area contributed by atoms with Crippen molar-refractivity contribution in [3.05, 3.63) is 23.9 Å². The summed E-state index contributed by atoms with van der Waals surface area (Å²) in [5.41, 5.74) is 1.20. The number of nitrogens with zero attached hydrogens (tertiary/aromatic N) is 1. The SMILES string of the molecule is COCCNCc1cccnc1SC(C)CCO. The second kappa shape index (κ2) is 9.33. The minimum absolute atomic E-state index is 0.225. The maximum atomic E-state index is 8.92. The van der Waals surface area contributed by atoms with Crippen LogP contribution in [0.15, 0.2) is 23.4 Å². The van der Waals surface area contributed by atoms with Gasteiger partial charge in [-0.25, -0.2) is 4.98 Å². The predicted molar refractivity (Wildman–Crippen MR) is 74.8 cm³/mol. The van der Waals surface area contributed by atoms with E-state index < -0.39 is 0 Å². The number of hydrogen-bond acceptors (Lipinski definition) is 5. The monoisotopic (exact) mass is 270 g/mol. The molecule has 0 saturated heterocycles. The standard InChI is InChI=1S/C13H22N2O2S/c1-11(5-8-16)18-13-12(4-3-6-15-13)10-14-7-9-17-2/h3-4,6,11,14,16H,5,7-10H2,1-2H3. The number of methoxy groups -OCH3 is 1. The normalized spacial score (nSPS) is 12.6. The van der Waals surface area contributed by atoms with E-state index in [1.165, 1.54) is 5.56 Å². The number of nitrogens with one attached hydrogen (secondary N) is 1. The van der Waals surface area contributed by atoms with Gasteiger partial charge in [-0.15, -0.1) is 11.8 Å². The lowest BCUT2D eigenvalue weighted by Crippen LogP contribution is -2.19. The molecule has 18 heavy (non-hydrogen) atoms. The number of aliphatic hydroxyl groups is 1. The predicted octanol–water partition coefficient (Wildman–Crippen LogP) is 1.68. The van der Waals surface area contributed by atoms with Gasteiger partial charge in [0, 0.05) is 38.3 Å². The van der Waals surface area contributed by atoms with Gasteiger partial charge in [0.2, 0.25) is 0 Å². The van der Waals surface area contributed by atoms with Gasteiger partial charge < -0.3 is 15.2 Å². The Morgan fingerprint density at radius 1 is 1.56 bits per heavy atom. The lowest BCUT2D eigenvalue weighted by Gasteiger charge is -2.12. The molecule has 1 atom stereocenters. The van der Waals surface area contributed by atoms with Gasteiger partial charge in [-0.3, -0.25) is 0 Å². The van der Waals surface area contributed by atoms with E-state index in [1.807, 2.05) is 12.3 Å². The van der Waals surface area contributed by atoms with E-state index in [4.69, 9.17) is 9.84 Å². The first kappa shape index (κ1) is 15.4. The van der Waals surface area contributed by atoms with Crippen LogP contribution in [0.5, 0.6) is 0 Å². The third-order valence-electron chi connectivity index (χ3n) is 2.50. The minimum Gasteiger partial charge on any atom is -0.396 e. The third-order valence-corrected chi connectivity index (χ3v) is 3.73. The number of thioether (sulfide) groups is 1. The molecular weight excluding hydrogens is 248 g/mol. The Kier molecular flexibility index (Phi) is 8.00. The van der Waals surface area contributed by atoms with Crippen LogP contribution in [-0.2, 0) is 11.3 Å². The molecule has 1 aromatic rings.